The van der Waals surface area contributed by atoms with Gasteiger partial charge in [-0.25, -0.2) is 8.42 Å². The predicted octanol–water partition coefficient (Wildman–Crippen LogP) is 4.83. The molecular formula is C18H16F3NO3S. The van der Waals surface area contributed by atoms with Gasteiger partial charge in [0.2, 0.25) is 10.0 Å². The number of alkyl halides is 3. The van der Waals surface area contributed by atoms with Crippen LogP contribution in [0.5, 0.6) is 0 Å². The monoisotopic (exact) mass is 383 g/mol. The number of halogens is 3. The molecule has 0 amide bonds. The quantitative estimate of drug-likeness (QED) is 0.648. The third kappa shape index (κ3) is 3.34. The fourth-order valence-corrected chi connectivity index (χ4v) is 3.91. The highest BCUT2D eigenvalue weighted by atomic mass is 32.2. The van der Waals surface area contributed by atoms with Crippen LogP contribution in [-0.2, 0) is 16.2 Å². The van der Waals surface area contributed by atoms with Crippen molar-refractivity contribution in [3.8, 4) is 0 Å². The van der Waals surface area contributed by atoms with Gasteiger partial charge in [-0.05, 0) is 43.3 Å². The smallest absolute Gasteiger partial charge is 0.416 e. The molecule has 2 aromatic carbocycles. The van der Waals surface area contributed by atoms with Crippen molar-refractivity contribution in [2.45, 2.75) is 24.0 Å². The van der Waals surface area contributed by atoms with Gasteiger partial charge in [0.25, 0.3) is 0 Å². The summed E-state index contributed by atoms with van der Waals surface area (Å²) >= 11 is 0. The van der Waals surface area contributed by atoms with E-state index in [-0.39, 0.29) is 4.90 Å². The lowest BCUT2D eigenvalue weighted by molar-refractivity contribution is -0.137. The summed E-state index contributed by atoms with van der Waals surface area (Å²) in [5, 5.41) is 0.842. The van der Waals surface area contributed by atoms with E-state index in [0.717, 1.165) is 34.0 Å². The van der Waals surface area contributed by atoms with Crippen LogP contribution in [0.1, 0.15) is 24.3 Å². The Hall–Kier alpha value is -2.32. The number of nitrogens with zero attached hydrogens (tertiary/aromatic N) is 1. The van der Waals surface area contributed by atoms with E-state index in [9.17, 15) is 21.6 Å². The predicted molar refractivity (Wildman–Crippen MR) is 91.0 cm³/mol. The van der Waals surface area contributed by atoms with Crippen molar-refractivity contribution in [1.29, 1.82) is 0 Å². The summed E-state index contributed by atoms with van der Waals surface area (Å²) in [7, 11) is -2.61. The SMILES string of the molecule is C[C@@H](c1cc2ccccc2o1)N(C)S(=O)(=O)c1ccc(C(F)(F)F)cc1. The van der Waals surface area contributed by atoms with Crippen LogP contribution in [0.3, 0.4) is 0 Å². The lowest BCUT2D eigenvalue weighted by Crippen LogP contribution is -2.29. The standard InChI is InChI=1S/C18H16F3NO3S/c1-12(17-11-13-5-3-4-6-16(13)25-17)22(2)26(23,24)15-9-7-14(8-10-15)18(19,20)21/h3-12H,1-2H3/t12-/m0/s1. The van der Waals surface area contributed by atoms with Gasteiger partial charge >= 0.3 is 6.18 Å². The van der Waals surface area contributed by atoms with E-state index in [1.807, 2.05) is 18.2 Å². The first-order valence-electron chi connectivity index (χ1n) is 7.74. The number of hydrogen-bond donors (Lipinski definition) is 0. The van der Waals surface area contributed by atoms with Crippen molar-refractivity contribution in [1.82, 2.24) is 4.31 Å². The first-order chi connectivity index (χ1) is 12.1. The van der Waals surface area contributed by atoms with Gasteiger partial charge in [0.1, 0.15) is 11.3 Å². The number of benzene rings is 2. The summed E-state index contributed by atoms with van der Waals surface area (Å²) in [5.74, 6) is 0.448. The van der Waals surface area contributed by atoms with Crippen LogP contribution in [0.25, 0.3) is 11.0 Å². The fourth-order valence-electron chi connectivity index (χ4n) is 2.58. The van der Waals surface area contributed by atoms with Crippen molar-refractivity contribution in [2.75, 3.05) is 7.05 Å². The Morgan fingerprint density at radius 1 is 1.04 bits per heavy atom. The maximum Gasteiger partial charge on any atom is 0.416 e. The molecule has 0 unspecified atom stereocenters. The molecule has 0 bridgehead atoms. The third-order valence-corrected chi connectivity index (χ3v) is 6.20. The first-order valence-corrected chi connectivity index (χ1v) is 9.18. The Morgan fingerprint density at radius 2 is 1.65 bits per heavy atom. The van der Waals surface area contributed by atoms with E-state index in [1.165, 1.54) is 7.05 Å². The molecule has 0 radical (unpaired) electrons. The Morgan fingerprint density at radius 3 is 2.23 bits per heavy atom. The summed E-state index contributed by atoms with van der Waals surface area (Å²) in [4.78, 5) is -0.212. The molecule has 3 rings (SSSR count). The molecule has 1 aromatic heterocycles. The molecule has 0 N–H and O–H groups in total. The van der Waals surface area contributed by atoms with Gasteiger partial charge in [0.05, 0.1) is 16.5 Å². The second-order valence-electron chi connectivity index (χ2n) is 5.91. The summed E-state index contributed by atoms with van der Waals surface area (Å²) in [5.41, 5.74) is -0.265. The number of hydrogen-bond acceptors (Lipinski definition) is 3. The molecule has 0 aliphatic heterocycles. The molecule has 1 atom stereocenters. The minimum absolute atomic E-state index is 0.212. The molecule has 138 valence electrons. The molecule has 0 saturated carbocycles. The largest absolute Gasteiger partial charge is 0.459 e. The molecule has 0 fully saturated rings. The Balaban J connectivity index is 1.90. The van der Waals surface area contributed by atoms with Crippen molar-refractivity contribution in [3.63, 3.8) is 0 Å². The Labute approximate surface area is 148 Å². The number of rotatable bonds is 4. The van der Waals surface area contributed by atoms with Gasteiger partial charge in [-0.3, -0.25) is 0 Å². The maximum absolute atomic E-state index is 12.7. The van der Waals surface area contributed by atoms with Crippen LogP contribution in [-0.4, -0.2) is 19.8 Å². The van der Waals surface area contributed by atoms with Crippen LogP contribution < -0.4 is 0 Å². The average molecular weight is 383 g/mol. The molecule has 0 aliphatic carbocycles. The van der Waals surface area contributed by atoms with Gasteiger partial charge < -0.3 is 4.42 Å². The Bertz CT molecular complexity index is 991. The molecule has 1 heterocycles. The van der Waals surface area contributed by atoms with E-state index >= 15 is 0 Å². The topological polar surface area (TPSA) is 50.5 Å². The van der Waals surface area contributed by atoms with Gasteiger partial charge in [-0.15, -0.1) is 0 Å². The highest BCUT2D eigenvalue weighted by Gasteiger charge is 2.32. The Kier molecular flexibility index (Phi) is 4.58. The maximum atomic E-state index is 12.7. The summed E-state index contributed by atoms with van der Waals surface area (Å²) in [6.07, 6.45) is -4.52. The molecule has 0 aliphatic rings. The van der Waals surface area contributed by atoms with E-state index in [4.69, 9.17) is 4.42 Å². The zero-order valence-electron chi connectivity index (χ0n) is 14.0. The van der Waals surface area contributed by atoms with Crippen molar-refractivity contribution >= 4 is 21.0 Å². The lowest BCUT2D eigenvalue weighted by atomic mass is 10.2. The summed E-state index contributed by atoms with van der Waals surface area (Å²) in [6, 6.07) is 11.8. The molecule has 26 heavy (non-hydrogen) atoms. The first kappa shape index (κ1) is 18.5. The third-order valence-electron chi connectivity index (χ3n) is 4.26. The molecular weight excluding hydrogens is 367 g/mol. The van der Waals surface area contributed by atoms with Crippen molar-refractivity contribution in [3.05, 3.63) is 65.9 Å². The van der Waals surface area contributed by atoms with E-state index in [0.29, 0.717) is 11.3 Å². The molecule has 8 heteroatoms. The van der Waals surface area contributed by atoms with Crippen LogP contribution in [0, 0.1) is 0 Å². The lowest BCUT2D eigenvalue weighted by Gasteiger charge is -2.23. The second-order valence-corrected chi connectivity index (χ2v) is 7.90. The van der Waals surface area contributed by atoms with Gasteiger partial charge in [-0.2, -0.15) is 17.5 Å². The van der Waals surface area contributed by atoms with Crippen LogP contribution in [0.2, 0.25) is 0 Å². The van der Waals surface area contributed by atoms with E-state index in [1.54, 1.807) is 19.1 Å². The van der Waals surface area contributed by atoms with Crippen molar-refractivity contribution < 1.29 is 26.0 Å². The van der Waals surface area contributed by atoms with E-state index in [2.05, 4.69) is 0 Å². The molecule has 0 spiro atoms. The highest BCUT2D eigenvalue weighted by molar-refractivity contribution is 7.89. The second kappa shape index (κ2) is 6.44. The van der Waals surface area contributed by atoms with Gasteiger partial charge in [-0.1, -0.05) is 18.2 Å². The van der Waals surface area contributed by atoms with E-state index < -0.39 is 27.8 Å². The minimum Gasteiger partial charge on any atom is -0.459 e. The van der Waals surface area contributed by atoms with Gasteiger partial charge in [0.15, 0.2) is 0 Å². The van der Waals surface area contributed by atoms with Crippen LogP contribution in [0.4, 0.5) is 13.2 Å². The molecule has 3 aromatic rings. The van der Waals surface area contributed by atoms with Crippen LogP contribution >= 0.6 is 0 Å². The summed E-state index contributed by atoms with van der Waals surface area (Å²) < 4.78 is 70.2. The number of para-hydroxylation sites is 1. The highest BCUT2D eigenvalue weighted by Crippen LogP contribution is 2.32. The number of sulfonamides is 1. The van der Waals surface area contributed by atoms with Gasteiger partial charge in [0, 0.05) is 12.4 Å². The zero-order valence-corrected chi connectivity index (χ0v) is 14.8. The number of furan rings is 1. The fraction of sp³-hybridized carbons (Fsp3) is 0.222. The van der Waals surface area contributed by atoms with Crippen molar-refractivity contribution in [2.24, 2.45) is 0 Å². The average Bonchev–Trinajstić information content (AvgIpc) is 3.04. The minimum atomic E-state index is -4.52. The normalized spacial score (nSPS) is 14.1. The summed E-state index contributed by atoms with van der Waals surface area (Å²) in [6.45, 7) is 1.65. The molecule has 0 saturated heterocycles. The zero-order chi connectivity index (χ0) is 19.1. The van der Waals surface area contributed by atoms with Crippen LogP contribution in [0.15, 0.2) is 63.9 Å². The number of fused-ring (bicyclic) bond motifs is 1. The molecule has 4 nitrogen and oxygen atoms in total.